The Labute approximate surface area is 168 Å². The summed E-state index contributed by atoms with van der Waals surface area (Å²) in [5, 5.41) is 0. The number of hydrogen-bond donors (Lipinski definition) is 1. The summed E-state index contributed by atoms with van der Waals surface area (Å²) in [4.78, 5) is 17.4. The smallest absolute Gasteiger partial charge is 0.222 e. The van der Waals surface area contributed by atoms with Gasteiger partial charge in [0.15, 0.2) is 0 Å². The Bertz CT molecular complexity index is 756. The van der Waals surface area contributed by atoms with Crippen molar-refractivity contribution in [2.45, 2.75) is 37.8 Å². The number of nitrogens with two attached hydrogens (primary N) is 1. The summed E-state index contributed by atoms with van der Waals surface area (Å²) in [6, 6.07) is 21.1. The van der Waals surface area contributed by atoms with Crippen molar-refractivity contribution in [3.63, 3.8) is 0 Å². The zero-order chi connectivity index (χ0) is 19.3. The van der Waals surface area contributed by atoms with Crippen LogP contribution in [0.4, 0.5) is 0 Å². The Kier molecular flexibility index (Phi) is 6.08. The van der Waals surface area contributed by atoms with E-state index in [1.165, 1.54) is 11.1 Å². The first-order valence-corrected chi connectivity index (χ1v) is 10.5. The van der Waals surface area contributed by atoms with Crippen LogP contribution in [0.2, 0.25) is 0 Å². The molecule has 2 saturated heterocycles. The van der Waals surface area contributed by atoms with Gasteiger partial charge in [0.25, 0.3) is 0 Å². The number of likely N-dealkylation sites (tertiary alicyclic amines) is 2. The van der Waals surface area contributed by atoms with Gasteiger partial charge in [0.05, 0.1) is 0 Å². The second-order valence-electron chi connectivity index (χ2n) is 8.39. The second kappa shape index (κ2) is 8.89. The molecule has 2 aromatic carbocycles. The fraction of sp³-hybridized carbons (Fsp3) is 0.458. The predicted molar refractivity (Wildman–Crippen MR) is 113 cm³/mol. The largest absolute Gasteiger partial charge is 0.340 e. The van der Waals surface area contributed by atoms with E-state index in [0.717, 1.165) is 39.0 Å². The summed E-state index contributed by atoms with van der Waals surface area (Å²) in [5.41, 5.74) is 8.98. The molecule has 28 heavy (non-hydrogen) atoms. The normalized spacial score (nSPS) is 23.8. The molecule has 0 unspecified atom stereocenters. The van der Waals surface area contributed by atoms with Crippen molar-refractivity contribution in [2.75, 3.05) is 26.2 Å². The summed E-state index contributed by atoms with van der Waals surface area (Å²) < 4.78 is 0. The van der Waals surface area contributed by atoms with E-state index in [1.807, 2.05) is 11.0 Å². The third-order valence-electron chi connectivity index (χ3n) is 6.36. The minimum Gasteiger partial charge on any atom is -0.340 e. The van der Waals surface area contributed by atoms with Crippen LogP contribution < -0.4 is 5.73 Å². The van der Waals surface area contributed by atoms with Crippen molar-refractivity contribution in [3.05, 3.63) is 71.8 Å². The highest BCUT2D eigenvalue weighted by Gasteiger charge is 2.34. The van der Waals surface area contributed by atoms with Crippen molar-refractivity contribution in [2.24, 2.45) is 11.7 Å². The average molecular weight is 378 g/mol. The van der Waals surface area contributed by atoms with Gasteiger partial charge in [0.1, 0.15) is 0 Å². The molecule has 0 bridgehead atoms. The predicted octanol–water partition coefficient (Wildman–Crippen LogP) is 3.24. The van der Waals surface area contributed by atoms with Crippen LogP contribution in [0.1, 0.15) is 36.3 Å². The molecule has 2 N–H and O–H groups in total. The van der Waals surface area contributed by atoms with Crippen LogP contribution in [0.3, 0.4) is 0 Å². The lowest BCUT2D eigenvalue weighted by molar-refractivity contribution is -0.131. The molecular formula is C24H31N3O. The van der Waals surface area contributed by atoms with Crippen LogP contribution in [0.25, 0.3) is 0 Å². The second-order valence-corrected chi connectivity index (χ2v) is 8.39. The van der Waals surface area contributed by atoms with E-state index in [9.17, 15) is 4.79 Å². The van der Waals surface area contributed by atoms with Crippen LogP contribution >= 0.6 is 0 Å². The molecule has 2 aliphatic rings. The number of hydrogen-bond acceptors (Lipinski definition) is 3. The van der Waals surface area contributed by atoms with Gasteiger partial charge in [-0.05, 0) is 43.0 Å². The van der Waals surface area contributed by atoms with E-state index in [2.05, 4.69) is 59.5 Å². The van der Waals surface area contributed by atoms with E-state index < -0.39 is 0 Å². The molecule has 1 amide bonds. The molecule has 2 aromatic rings. The van der Waals surface area contributed by atoms with Crippen LogP contribution in [0.5, 0.6) is 0 Å². The molecule has 4 rings (SSSR count). The highest BCUT2D eigenvalue weighted by molar-refractivity contribution is 5.77. The molecule has 2 aliphatic heterocycles. The van der Waals surface area contributed by atoms with Crippen LogP contribution in [-0.2, 0) is 11.3 Å². The van der Waals surface area contributed by atoms with Crippen molar-refractivity contribution in [1.29, 1.82) is 0 Å². The third kappa shape index (κ3) is 4.62. The Morgan fingerprint density at radius 2 is 1.57 bits per heavy atom. The maximum absolute atomic E-state index is 12.9. The fourth-order valence-corrected chi connectivity index (χ4v) is 4.65. The maximum Gasteiger partial charge on any atom is 0.222 e. The van der Waals surface area contributed by atoms with Crippen molar-refractivity contribution in [3.8, 4) is 0 Å². The van der Waals surface area contributed by atoms with Gasteiger partial charge in [0.2, 0.25) is 5.91 Å². The summed E-state index contributed by atoms with van der Waals surface area (Å²) in [6.45, 7) is 4.63. The fourth-order valence-electron chi connectivity index (χ4n) is 4.65. The highest BCUT2D eigenvalue weighted by Crippen LogP contribution is 2.29. The monoisotopic (exact) mass is 377 g/mol. The number of nitrogens with zero attached hydrogens (tertiary/aromatic N) is 2. The molecule has 2 fully saturated rings. The first-order chi connectivity index (χ1) is 13.7. The summed E-state index contributed by atoms with van der Waals surface area (Å²) in [7, 11) is 0. The van der Waals surface area contributed by atoms with E-state index in [4.69, 9.17) is 5.73 Å². The van der Waals surface area contributed by atoms with E-state index in [1.54, 1.807) is 0 Å². The number of benzene rings is 2. The summed E-state index contributed by atoms with van der Waals surface area (Å²) in [6.07, 6.45) is 2.90. The zero-order valence-corrected chi connectivity index (χ0v) is 16.5. The third-order valence-corrected chi connectivity index (χ3v) is 6.36. The molecular weight excluding hydrogens is 346 g/mol. The van der Waals surface area contributed by atoms with E-state index in [-0.39, 0.29) is 17.9 Å². The van der Waals surface area contributed by atoms with Gasteiger partial charge in [-0.25, -0.2) is 0 Å². The van der Waals surface area contributed by atoms with Gasteiger partial charge >= 0.3 is 0 Å². The lowest BCUT2D eigenvalue weighted by Crippen LogP contribution is -2.37. The first kappa shape index (κ1) is 19.2. The van der Waals surface area contributed by atoms with E-state index in [0.29, 0.717) is 18.9 Å². The molecule has 2 heterocycles. The lowest BCUT2D eigenvalue weighted by atomic mass is 9.92. The topological polar surface area (TPSA) is 49.6 Å². The number of rotatable bonds is 5. The molecule has 148 valence electrons. The van der Waals surface area contributed by atoms with Gasteiger partial charge < -0.3 is 10.6 Å². The standard InChI is InChI=1S/C24H31N3O/c25-23-18-27(17-22(23)21-9-5-2-6-10-21)24(28)15-19-11-13-26(14-12-19)16-20-7-3-1-4-8-20/h1-10,19,22-23H,11-18,25H2/t22-,23+/m0/s1. The van der Waals surface area contributed by atoms with Crippen LogP contribution in [0, 0.1) is 5.92 Å². The van der Waals surface area contributed by atoms with Gasteiger partial charge in [-0.1, -0.05) is 60.7 Å². The minimum absolute atomic E-state index is 0.0408. The maximum atomic E-state index is 12.9. The van der Waals surface area contributed by atoms with Crippen molar-refractivity contribution >= 4 is 5.91 Å². The zero-order valence-electron chi connectivity index (χ0n) is 16.5. The minimum atomic E-state index is 0.0408. The van der Waals surface area contributed by atoms with Crippen molar-refractivity contribution in [1.82, 2.24) is 9.80 Å². The highest BCUT2D eigenvalue weighted by atomic mass is 16.2. The van der Waals surface area contributed by atoms with Gasteiger partial charge in [-0.15, -0.1) is 0 Å². The summed E-state index contributed by atoms with van der Waals surface area (Å²) >= 11 is 0. The Balaban J connectivity index is 1.25. The Hall–Kier alpha value is -2.17. The molecule has 0 spiro atoms. The van der Waals surface area contributed by atoms with E-state index >= 15 is 0 Å². The molecule has 0 radical (unpaired) electrons. The SMILES string of the molecule is N[C@@H]1CN(C(=O)CC2CCN(Cc3ccccc3)CC2)C[C@H]1c1ccccc1. The number of carbonyl (C=O) groups excluding carboxylic acids is 1. The Morgan fingerprint density at radius 1 is 0.929 bits per heavy atom. The first-order valence-electron chi connectivity index (χ1n) is 10.5. The molecule has 4 nitrogen and oxygen atoms in total. The number of piperidine rings is 1. The van der Waals surface area contributed by atoms with Gasteiger partial charge in [-0.2, -0.15) is 0 Å². The molecule has 0 aliphatic carbocycles. The average Bonchev–Trinajstić information content (AvgIpc) is 3.13. The number of amides is 1. The van der Waals surface area contributed by atoms with Gasteiger partial charge in [0, 0.05) is 38.0 Å². The lowest BCUT2D eigenvalue weighted by Gasteiger charge is -2.32. The Morgan fingerprint density at radius 3 is 2.25 bits per heavy atom. The van der Waals surface area contributed by atoms with Crippen molar-refractivity contribution < 1.29 is 4.79 Å². The van der Waals surface area contributed by atoms with Crippen LogP contribution in [0.15, 0.2) is 60.7 Å². The molecule has 0 saturated carbocycles. The molecule has 2 atom stereocenters. The van der Waals surface area contributed by atoms with Crippen LogP contribution in [-0.4, -0.2) is 47.9 Å². The summed E-state index contributed by atoms with van der Waals surface area (Å²) in [5.74, 6) is 1.06. The van der Waals surface area contributed by atoms with Gasteiger partial charge in [-0.3, -0.25) is 9.69 Å². The number of carbonyl (C=O) groups is 1. The molecule has 4 heteroatoms. The molecule has 0 aromatic heterocycles. The quantitative estimate of drug-likeness (QED) is 0.870.